The molecule has 8 heteroatoms. The summed E-state index contributed by atoms with van der Waals surface area (Å²) in [6.45, 7) is 5.84. The zero-order valence-electron chi connectivity index (χ0n) is 16.3. The maximum absolute atomic E-state index is 12.9. The van der Waals surface area contributed by atoms with Crippen LogP contribution in [0.25, 0.3) is 11.0 Å². The zero-order valence-corrected chi connectivity index (χ0v) is 16.3. The molecule has 0 saturated heterocycles. The number of aryl methyl sites for hydroxylation is 1. The van der Waals surface area contributed by atoms with Gasteiger partial charge in [-0.15, -0.1) is 0 Å². The molecule has 1 aromatic carbocycles. The quantitative estimate of drug-likeness (QED) is 0.683. The minimum atomic E-state index is -0.265. The highest BCUT2D eigenvalue weighted by atomic mass is 16.5. The third kappa shape index (κ3) is 4.17. The van der Waals surface area contributed by atoms with E-state index >= 15 is 0 Å². The molecule has 2 amide bonds. The van der Waals surface area contributed by atoms with Crippen LogP contribution in [0, 0.1) is 6.92 Å². The molecule has 28 heavy (non-hydrogen) atoms. The SMILES string of the molecule is COCC(=O)Nc1cccc(NC(=O)c2cc(C)nc3c2cnn3C(C)C)c1. The Hall–Kier alpha value is -3.26. The van der Waals surface area contributed by atoms with Gasteiger partial charge in [0, 0.05) is 30.2 Å². The van der Waals surface area contributed by atoms with Crippen LogP contribution in [0.3, 0.4) is 0 Å². The summed E-state index contributed by atoms with van der Waals surface area (Å²) >= 11 is 0. The van der Waals surface area contributed by atoms with E-state index in [1.807, 2.05) is 20.8 Å². The van der Waals surface area contributed by atoms with Crippen molar-refractivity contribution in [2.75, 3.05) is 24.4 Å². The van der Waals surface area contributed by atoms with Crippen LogP contribution in [0.5, 0.6) is 0 Å². The fraction of sp³-hybridized carbons (Fsp3) is 0.300. The van der Waals surface area contributed by atoms with Gasteiger partial charge in [0.1, 0.15) is 6.61 Å². The Kier molecular flexibility index (Phi) is 5.70. The van der Waals surface area contributed by atoms with Crippen molar-refractivity contribution in [2.24, 2.45) is 0 Å². The molecule has 0 bridgehead atoms. The Balaban J connectivity index is 1.87. The third-order valence-corrected chi connectivity index (χ3v) is 4.11. The van der Waals surface area contributed by atoms with Gasteiger partial charge in [-0.05, 0) is 45.0 Å². The van der Waals surface area contributed by atoms with E-state index in [2.05, 4.69) is 20.7 Å². The maximum atomic E-state index is 12.9. The van der Waals surface area contributed by atoms with Gasteiger partial charge in [0.05, 0.1) is 17.1 Å². The molecule has 2 aromatic heterocycles. The number of benzene rings is 1. The molecule has 0 fully saturated rings. The second kappa shape index (κ2) is 8.18. The van der Waals surface area contributed by atoms with Gasteiger partial charge in [0.15, 0.2) is 5.65 Å². The summed E-state index contributed by atoms with van der Waals surface area (Å²) in [5, 5.41) is 10.6. The van der Waals surface area contributed by atoms with Crippen LogP contribution in [0.2, 0.25) is 0 Å². The number of nitrogens with one attached hydrogen (secondary N) is 2. The number of pyridine rings is 1. The molecule has 0 unspecified atom stereocenters. The van der Waals surface area contributed by atoms with Crippen LogP contribution >= 0.6 is 0 Å². The van der Waals surface area contributed by atoms with Crippen LogP contribution in [-0.4, -0.2) is 40.3 Å². The lowest BCUT2D eigenvalue weighted by molar-refractivity contribution is -0.119. The molecule has 0 saturated carbocycles. The number of anilines is 2. The van der Waals surface area contributed by atoms with E-state index in [1.54, 1.807) is 41.2 Å². The molecule has 0 radical (unpaired) electrons. The van der Waals surface area contributed by atoms with Crippen molar-refractivity contribution in [2.45, 2.75) is 26.8 Å². The first-order valence-corrected chi connectivity index (χ1v) is 8.94. The van der Waals surface area contributed by atoms with Crippen molar-refractivity contribution in [1.29, 1.82) is 0 Å². The second-order valence-electron chi connectivity index (χ2n) is 6.75. The van der Waals surface area contributed by atoms with Crippen LogP contribution in [-0.2, 0) is 9.53 Å². The van der Waals surface area contributed by atoms with E-state index in [0.29, 0.717) is 28.0 Å². The summed E-state index contributed by atoms with van der Waals surface area (Å²) in [6, 6.07) is 8.82. The Bertz CT molecular complexity index is 1030. The number of methoxy groups -OCH3 is 1. The van der Waals surface area contributed by atoms with E-state index in [-0.39, 0.29) is 24.5 Å². The molecule has 3 aromatic rings. The van der Waals surface area contributed by atoms with Gasteiger partial charge >= 0.3 is 0 Å². The predicted molar refractivity (Wildman–Crippen MR) is 108 cm³/mol. The molecule has 2 N–H and O–H groups in total. The van der Waals surface area contributed by atoms with Crippen LogP contribution in [0.15, 0.2) is 36.5 Å². The van der Waals surface area contributed by atoms with E-state index in [1.165, 1.54) is 7.11 Å². The standard InChI is InChI=1S/C20H23N5O3/c1-12(2)25-19-17(10-21-25)16(8-13(3)22-19)20(27)24-15-7-5-6-14(9-15)23-18(26)11-28-4/h5-10,12H,11H2,1-4H3,(H,23,26)(H,24,27). The first-order chi connectivity index (χ1) is 13.4. The van der Waals surface area contributed by atoms with Crippen molar-refractivity contribution >= 4 is 34.2 Å². The monoisotopic (exact) mass is 381 g/mol. The van der Waals surface area contributed by atoms with Gasteiger partial charge in [0.2, 0.25) is 5.91 Å². The number of aromatic nitrogens is 3. The average Bonchev–Trinajstić information content (AvgIpc) is 3.05. The zero-order chi connectivity index (χ0) is 20.3. The summed E-state index contributed by atoms with van der Waals surface area (Å²) in [4.78, 5) is 29.1. The average molecular weight is 381 g/mol. The summed E-state index contributed by atoms with van der Waals surface area (Å²) in [7, 11) is 1.45. The number of carbonyl (C=O) groups is 2. The van der Waals surface area contributed by atoms with Gasteiger partial charge < -0.3 is 15.4 Å². The fourth-order valence-electron chi connectivity index (χ4n) is 2.91. The lowest BCUT2D eigenvalue weighted by Gasteiger charge is -2.11. The summed E-state index contributed by atoms with van der Waals surface area (Å²) in [5.74, 6) is -0.530. The van der Waals surface area contributed by atoms with Gasteiger partial charge in [-0.2, -0.15) is 5.10 Å². The number of hydrogen-bond acceptors (Lipinski definition) is 5. The first-order valence-electron chi connectivity index (χ1n) is 8.94. The lowest BCUT2D eigenvalue weighted by atomic mass is 10.1. The lowest BCUT2D eigenvalue weighted by Crippen LogP contribution is -2.17. The molecule has 2 heterocycles. The van der Waals surface area contributed by atoms with Gasteiger partial charge in [-0.1, -0.05) is 6.07 Å². The second-order valence-corrected chi connectivity index (χ2v) is 6.75. The number of rotatable bonds is 6. The van der Waals surface area contributed by atoms with Gasteiger partial charge in [-0.25, -0.2) is 9.67 Å². The van der Waals surface area contributed by atoms with Crippen LogP contribution in [0.1, 0.15) is 35.9 Å². The summed E-state index contributed by atoms with van der Waals surface area (Å²) in [5.41, 5.74) is 3.06. The topological polar surface area (TPSA) is 98.1 Å². The molecule has 0 spiro atoms. The number of nitrogens with zero attached hydrogens (tertiary/aromatic N) is 3. The fourth-order valence-corrected chi connectivity index (χ4v) is 2.91. The number of amides is 2. The molecular weight excluding hydrogens is 358 g/mol. The molecule has 3 rings (SSSR count). The van der Waals surface area contributed by atoms with E-state index in [4.69, 9.17) is 4.74 Å². The van der Waals surface area contributed by atoms with Gasteiger partial charge in [-0.3, -0.25) is 9.59 Å². The Labute approximate surface area is 162 Å². The predicted octanol–water partition coefficient (Wildman–Crippen LogP) is 3.16. The number of carbonyl (C=O) groups excluding carboxylic acids is 2. The molecule has 0 atom stereocenters. The number of ether oxygens (including phenoxy) is 1. The van der Waals surface area contributed by atoms with Crippen LogP contribution < -0.4 is 10.6 Å². The van der Waals surface area contributed by atoms with E-state index in [0.717, 1.165) is 5.69 Å². The molecule has 8 nitrogen and oxygen atoms in total. The Morgan fingerprint density at radius 1 is 1.18 bits per heavy atom. The van der Waals surface area contributed by atoms with E-state index < -0.39 is 0 Å². The Morgan fingerprint density at radius 3 is 2.57 bits per heavy atom. The largest absolute Gasteiger partial charge is 0.375 e. The first kappa shape index (κ1) is 19.5. The molecule has 0 aliphatic heterocycles. The van der Waals surface area contributed by atoms with Crippen molar-refractivity contribution in [3.63, 3.8) is 0 Å². The summed E-state index contributed by atoms with van der Waals surface area (Å²) < 4.78 is 6.60. The third-order valence-electron chi connectivity index (χ3n) is 4.11. The molecule has 0 aliphatic rings. The summed E-state index contributed by atoms with van der Waals surface area (Å²) in [6.07, 6.45) is 1.66. The molecular formula is C20H23N5O3. The van der Waals surface area contributed by atoms with Crippen LogP contribution in [0.4, 0.5) is 11.4 Å². The minimum Gasteiger partial charge on any atom is -0.375 e. The minimum absolute atomic E-state index is 0.0370. The van der Waals surface area contributed by atoms with Crippen molar-refractivity contribution < 1.29 is 14.3 Å². The highest BCUT2D eigenvalue weighted by molar-refractivity contribution is 6.12. The highest BCUT2D eigenvalue weighted by Gasteiger charge is 2.17. The maximum Gasteiger partial charge on any atom is 0.256 e. The highest BCUT2D eigenvalue weighted by Crippen LogP contribution is 2.23. The van der Waals surface area contributed by atoms with E-state index in [9.17, 15) is 9.59 Å². The number of fused-ring (bicyclic) bond motifs is 1. The van der Waals surface area contributed by atoms with Crippen molar-refractivity contribution in [1.82, 2.24) is 14.8 Å². The normalized spacial score (nSPS) is 11.0. The van der Waals surface area contributed by atoms with Crippen molar-refractivity contribution in [3.05, 3.63) is 47.8 Å². The molecule has 0 aliphatic carbocycles. The Morgan fingerprint density at radius 2 is 1.89 bits per heavy atom. The smallest absolute Gasteiger partial charge is 0.256 e. The number of hydrogen-bond donors (Lipinski definition) is 2. The molecule has 146 valence electrons. The van der Waals surface area contributed by atoms with Crippen molar-refractivity contribution in [3.8, 4) is 0 Å². The van der Waals surface area contributed by atoms with Gasteiger partial charge in [0.25, 0.3) is 5.91 Å².